The zero-order valence-electron chi connectivity index (χ0n) is 10.0. The number of carboxylic acids is 1. The minimum Gasteiger partial charge on any atom is -0.493 e. The SMILES string of the molecule is O=C(O)C1(c2c(F)ccc3c2OCC3)CCCC1. The summed E-state index contributed by atoms with van der Waals surface area (Å²) < 4.78 is 19.7. The molecule has 0 unspecified atom stereocenters. The fourth-order valence-corrected chi connectivity index (χ4v) is 3.22. The second-order valence-corrected chi connectivity index (χ2v) is 5.10. The van der Waals surface area contributed by atoms with E-state index in [0.717, 1.165) is 24.8 Å². The van der Waals surface area contributed by atoms with Crippen LogP contribution in [0.15, 0.2) is 12.1 Å². The average molecular weight is 250 g/mol. The summed E-state index contributed by atoms with van der Waals surface area (Å²) in [6.45, 7) is 0.515. The zero-order chi connectivity index (χ0) is 12.8. The minimum atomic E-state index is -1.08. The van der Waals surface area contributed by atoms with Gasteiger partial charge >= 0.3 is 5.97 Å². The molecule has 1 aliphatic carbocycles. The van der Waals surface area contributed by atoms with Crippen LogP contribution in [0, 0.1) is 5.82 Å². The zero-order valence-corrected chi connectivity index (χ0v) is 10.0. The lowest BCUT2D eigenvalue weighted by Gasteiger charge is -2.26. The molecular formula is C14H15FO3. The molecule has 0 radical (unpaired) electrons. The van der Waals surface area contributed by atoms with E-state index < -0.39 is 17.2 Å². The van der Waals surface area contributed by atoms with Crippen LogP contribution in [-0.4, -0.2) is 17.7 Å². The third-order valence-corrected chi connectivity index (χ3v) is 4.15. The summed E-state index contributed by atoms with van der Waals surface area (Å²) >= 11 is 0. The quantitative estimate of drug-likeness (QED) is 0.877. The maximum absolute atomic E-state index is 14.2. The highest BCUT2D eigenvalue weighted by atomic mass is 19.1. The van der Waals surface area contributed by atoms with E-state index in [-0.39, 0.29) is 5.56 Å². The van der Waals surface area contributed by atoms with Crippen LogP contribution in [0.25, 0.3) is 0 Å². The van der Waals surface area contributed by atoms with Gasteiger partial charge in [0.25, 0.3) is 0 Å². The van der Waals surface area contributed by atoms with E-state index in [2.05, 4.69) is 0 Å². The topological polar surface area (TPSA) is 46.5 Å². The van der Waals surface area contributed by atoms with Gasteiger partial charge in [0.2, 0.25) is 0 Å². The van der Waals surface area contributed by atoms with Gasteiger partial charge in [0.05, 0.1) is 12.0 Å². The first-order valence-corrected chi connectivity index (χ1v) is 6.33. The maximum atomic E-state index is 14.2. The molecule has 0 atom stereocenters. The van der Waals surface area contributed by atoms with Gasteiger partial charge in [0.15, 0.2) is 0 Å². The normalized spacial score (nSPS) is 20.5. The van der Waals surface area contributed by atoms with Crippen LogP contribution in [0.3, 0.4) is 0 Å². The van der Waals surface area contributed by atoms with E-state index in [1.165, 1.54) is 6.07 Å². The largest absolute Gasteiger partial charge is 0.493 e. The Hall–Kier alpha value is -1.58. The summed E-state index contributed by atoms with van der Waals surface area (Å²) in [7, 11) is 0. The van der Waals surface area contributed by atoms with Crippen molar-refractivity contribution < 1.29 is 19.0 Å². The number of ether oxygens (including phenoxy) is 1. The highest BCUT2D eigenvalue weighted by Crippen LogP contribution is 2.48. The molecule has 0 bridgehead atoms. The summed E-state index contributed by atoms with van der Waals surface area (Å²) in [5.74, 6) is -0.887. The first-order valence-electron chi connectivity index (χ1n) is 6.33. The molecule has 1 saturated carbocycles. The molecule has 1 fully saturated rings. The smallest absolute Gasteiger partial charge is 0.314 e. The van der Waals surface area contributed by atoms with Gasteiger partial charge < -0.3 is 9.84 Å². The van der Waals surface area contributed by atoms with Crippen molar-refractivity contribution in [3.05, 3.63) is 29.1 Å². The Balaban J connectivity index is 2.21. The number of benzene rings is 1. The van der Waals surface area contributed by atoms with Crippen molar-refractivity contribution in [3.63, 3.8) is 0 Å². The van der Waals surface area contributed by atoms with Gasteiger partial charge in [-0.1, -0.05) is 18.9 Å². The molecule has 0 aromatic heterocycles. The molecule has 1 aliphatic heterocycles. The lowest BCUT2D eigenvalue weighted by Crippen LogP contribution is -2.34. The van der Waals surface area contributed by atoms with E-state index in [4.69, 9.17) is 4.74 Å². The molecule has 18 heavy (non-hydrogen) atoms. The van der Waals surface area contributed by atoms with Crippen molar-refractivity contribution in [2.45, 2.75) is 37.5 Å². The number of rotatable bonds is 2. The second kappa shape index (κ2) is 3.97. The molecular weight excluding hydrogens is 235 g/mol. The number of aliphatic carboxylic acids is 1. The Morgan fingerprint density at radius 3 is 2.72 bits per heavy atom. The highest BCUT2D eigenvalue weighted by molar-refractivity contribution is 5.83. The van der Waals surface area contributed by atoms with Crippen molar-refractivity contribution in [1.29, 1.82) is 0 Å². The number of hydrogen-bond acceptors (Lipinski definition) is 2. The van der Waals surface area contributed by atoms with Crippen LogP contribution in [0.4, 0.5) is 4.39 Å². The Morgan fingerprint density at radius 2 is 2.06 bits per heavy atom. The van der Waals surface area contributed by atoms with Crippen LogP contribution in [0.2, 0.25) is 0 Å². The first kappa shape index (κ1) is 11.5. The summed E-state index contributed by atoms with van der Waals surface area (Å²) in [4.78, 5) is 11.7. The van der Waals surface area contributed by atoms with Crippen LogP contribution in [0.5, 0.6) is 5.75 Å². The molecule has 1 N–H and O–H groups in total. The minimum absolute atomic E-state index is 0.280. The van der Waals surface area contributed by atoms with Crippen molar-refractivity contribution in [2.24, 2.45) is 0 Å². The Bertz CT molecular complexity index is 504. The number of halogens is 1. The van der Waals surface area contributed by atoms with Crippen molar-refractivity contribution in [3.8, 4) is 5.75 Å². The Morgan fingerprint density at radius 1 is 1.33 bits per heavy atom. The van der Waals surface area contributed by atoms with Crippen molar-refractivity contribution in [1.82, 2.24) is 0 Å². The predicted molar refractivity (Wildman–Crippen MR) is 63.4 cm³/mol. The van der Waals surface area contributed by atoms with Gasteiger partial charge in [-0.05, 0) is 24.5 Å². The van der Waals surface area contributed by atoms with E-state index in [9.17, 15) is 14.3 Å². The molecule has 0 spiro atoms. The number of hydrogen-bond donors (Lipinski definition) is 1. The van der Waals surface area contributed by atoms with Crippen molar-refractivity contribution >= 4 is 5.97 Å². The van der Waals surface area contributed by atoms with Crippen LogP contribution < -0.4 is 4.74 Å². The Kier molecular flexibility index (Phi) is 2.54. The molecule has 96 valence electrons. The molecule has 4 heteroatoms. The average Bonchev–Trinajstić information content (AvgIpc) is 2.96. The van der Waals surface area contributed by atoms with Gasteiger partial charge in [-0.15, -0.1) is 0 Å². The fraction of sp³-hybridized carbons (Fsp3) is 0.500. The van der Waals surface area contributed by atoms with Gasteiger partial charge in [0.1, 0.15) is 11.6 Å². The molecule has 0 amide bonds. The molecule has 1 aromatic carbocycles. The fourth-order valence-electron chi connectivity index (χ4n) is 3.22. The van der Waals surface area contributed by atoms with E-state index in [1.807, 2.05) is 0 Å². The van der Waals surface area contributed by atoms with Crippen LogP contribution >= 0.6 is 0 Å². The lowest BCUT2D eigenvalue weighted by atomic mass is 9.77. The van der Waals surface area contributed by atoms with Gasteiger partial charge in [-0.25, -0.2) is 4.39 Å². The number of carbonyl (C=O) groups is 1. The lowest BCUT2D eigenvalue weighted by molar-refractivity contribution is -0.143. The Labute approximate surface area is 105 Å². The first-order chi connectivity index (χ1) is 8.65. The van der Waals surface area contributed by atoms with Crippen LogP contribution in [-0.2, 0) is 16.6 Å². The number of carboxylic acid groups (broad SMARTS) is 1. The predicted octanol–water partition coefficient (Wildman–Crippen LogP) is 2.66. The molecule has 2 aliphatic rings. The van der Waals surface area contributed by atoms with Crippen LogP contribution in [0.1, 0.15) is 36.8 Å². The number of fused-ring (bicyclic) bond motifs is 1. The summed E-state index contributed by atoms with van der Waals surface area (Å²) in [5, 5.41) is 9.55. The monoisotopic (exact) mass is 250 g/mol. The molecule has 3 nitrogen and oxygen atoms in total. The van der Waals surface area contributed by atoms with E-state index >= 15 is 0 Å². The highest BCUT2D eigenvalue weighted by Gasteiger charge is 2.47. The molecule has 1 heterocycles. The second-order valence-electron chi connectivity index (χ2n) is 5.10. The van der Waals surface area contributed by atoms with Gasteiger partial charge in [-0.2, -0.15) is 0 Å². The standard InChI is InChI=1S/C14H15FO3/c15-10-4-3-9-5-8-18-12(9)11(10)14(13(16)17)6-1-2-7-14/h3-4H,1-2,5-8H2,(H,16,17). The van der Waals surface area contributed by atoms with Crippen molar-refractivity contribution in [2.75, 3.05) is 6.61 Å². The summed E-state index contributed by atoms with van der Waals surface area (Å²) in [6, 6.07) is 3.08. The summed E-state index contributed by atoms with van der Waals surface area (Å²) in [5.41, 5.74) is 0.126. The van der Waals surface area contributed by atoms with Gasteiger partial charge in [0, 0.05) is 12.0 Å². The van der Waals surface area contributed by atoms with E-state index in [0.29, 0.717) is 25.2 Å². The molecule has 3 rings (SSSR count). The molecule has 1 aromatic rings. The summed E-state index contributed by atoms with van der Waals surface area (Å²) in [6.07, 6.45) is 3.39. The third kappa shape index (κ3) is 1.44. The van der Waals surface area contributed by atoms with Gasteiger partial charge in [-0.3, -0.25) is 4.79 Å². The van der Waals surface area contributed by atoms with E-state index in [1.54, 1.807) is 6.07 Å². The molecule has 0 saturated heterocycles. The maximum Gasteiger partial charge on any atom is 0.314 e. The third-order valence-electron chi connectivity index (χ3n) is 4.15.